The predicted molar refractivity (Wildman–Crippen MR) is 157 cm³/mol. The largest absolute Gasteiger partial charge is 0.352 e. The summed E-state index contributed by atoms with van der Waals surface area (Å²) in [7, 11) is -3.80. The maximum absolute atomic E-state index is 14.1. The van der Waals surface area contributed by atoms with Crippen molar-refractivity contribution in [2.24, 2.45) is 0 Å². The fourth-order valence-electron chi connectivity index (χ4n) is 4.54. The molecule has 1 atom stereocenters. The average molecular weight is 550 g/mol. The molecule has 0 radical (unpaired) electrons. The highest BCUT2D eigenvalue weighted by atomic mass is 32.2. The van der Waals surface area contributed by atoms with E-state index in [1.807, 2.05) is 95.3 Å². The van der Waals surface area contributed by atoms with E-state index in [0.29, 0.717) is 12.1 Å². The summed E-state index contributed by atoms with van der Waals surface area (Å²) in [4.78, 5) is 29.2. The van der Waals surface area contributed by atoms with Gasteiger partial charge < -0.3 is 10.2 Å². The molecule has 8 heteroatoms. The molecule has 0 aliphatic heterocycles. The monoisotopic (exact) mass is 549 g/mol. The Kier molecular flexibility index (Phi) is 9.92. The molecule has 0 saturated carbocycles. The predicted octanol–water partition coefficient (Wildman–Crippen LogP) is 4.54. The van der Waals surface area contributed by atoms with Crippen molar-refractivity contribution in [1.29, 1.82) is 0 Å². The van der Waals surface area contributed by atoms with Gasteiger partial charge in [0.1, 0.15) is 12.6 Å². The Balaban J connectivity index is 2.08. The van der Waals surface area contributed by atoms with Crippen molar-refractivity contribution < 1.29 is 18.0 Å². The van der Waals surface area contributed by atoms with Crippen molar-refractivity contribution in [1.82, 2.24) is 10.2 Å². The first-order valence-corrected chi connectivity index (χ1v) is 14.9. The van der Waals surface area contributed by atoms with E-state index in [9.17, 15) is 18.0 Å². The molecule has 0 spiro atoms. The SMILES string of the molecule is Cc1cccc(CN(C(=O)CN(c2cccc(C)c2C)S(C)(=O)=O)[C@@H](Cc2ccccc2)C(=O)NC(C)C)c1. The summed E-state index contributed by atoms with van der Waals surface area (Å²) in [6, 6.07) is 21.7. The number of rotatable bonds is 11. The minimum atomic E-state index is -3.80. The first-order chi connectivity index (χ1) is 18.4. The van der Waals surface area contributed by atoms with E-state index in [-0.39, 0.29) is 18.5 Å². The van der Waals surface area contributed by atoms with Gasteiger partial charge in [-0.05, 0) is 62.9 Å². The van der Waals surface area contributed by atoms with Gasteiger partial charge in [-0.1, -0.05) is 72.3 Å². The number of anilines is 1. The summed E-state index contributed by atoms with van der Waals surface area (Å²) in [6.45, 7) is 9.19. The highest BCUT2D eigenvalue weighted by Crippen LogP contribution is 2.26. The van der Waals surface area contributed by atoms with Crippen LogP contribution in [0, 0.1) is 20.8 Å². The topological polar surface area (TPSA) is 86.8 Å². The standard InChI is InChI=1S/C31H39N3O4S/c1-22(2)32-31(36)29(19-26-14-8-7-9-15-26)33(20-27-16-10-12-23(3)18-27)30(35)21-34(39(6,37)38)28-17-11-13-24(4)25(28)5/h7-18,22,29H,19-21H2,1-6H3,(H,32,36)/t29-/m0/s1. The van der Waals surface area contributed by atoms with Crippen LogP contribution in [-0.4, -0.2) is 50.0 Å². The van der Waals surface area contributed by atoms with Crippen molar-refractivity contribution in [3.05, 3.63) is 101 Å². The number of hydrogen-bond donors (Lipinski definition) is 1. The molecule has 0 aliphatic rings. The van der Waals surface area contributed by atoms with Crippen molar-refractivity contribution >= 4 is 27.5 Å². The normalized spacial score (nSPS) is 12.2. The number of benzene rings is 3. The molecule has 0 bridgehead atoms. The lowest BCUT2D eigenvalue weighted by Gasteiger charge is -2.34. The molecular formula is C31H39N3O4S. The molecule has 0 fully saturated rings. The van der Waals surface area contributed by atoms with Crippen LogP contribution >= 0.6 is 0 Å². The Bertz CT molecular complexity index is 1400. The highest BCUT2D eigenvalue weighted by Gasteiger charge is 2.33. The number of aryl methyl sites for hydroxylation is 2. The van der Waals surface area contributed by atoms with Crippen LogP contribution in [0.2, 0.25) is 0 Å². The second-order valence-electron chi connectivity index (χ2n) is 10.4. The highest BCUT2D eigenvalue weighted by molar-refractivity contribution is 7.92. The zero-order valence-electron chi connectivity index (χ0n) is 23.6. The van der Waals surface area contributed by atoms with Crippen molar-refractivity contribution in [3.8, 4) is 0 Å². The minimum absolute atomic E-state index is 0.130. The van der Waals surface area contributed by atoms with Gasteiger partial charge in [0, 0.05) is 19.0 Å². The second-order valence-corrected chi connectivity index (χ2v) is 12.3. The van der Waals surface area contributed by atoms with Gasteiger partial charge in [-0.15, -0.1) is 0 Å². The fraction of sp³-hybridized carbons (Fsp3) is 0.355. The number of sulfonamides is 1. The number of carbonyl (C=O) groups is 2. The number of carbonyl (C=O) groups excluding carboxylic acids is 2. The second kappa shape index (κ2) is 12.9. The van der Waals surface area contributed by atoms with Gasteiger partial charge >= 0.3 is 0 Å². The molecule has 0 heterocycles. The third-order valence-corrected chi connectivity index (χ3v) is 7.79. The number of nitrogens with zero attached hydrogens (tertiary/aromatic N) is 2. The fourth-order valence-corrected chi connectivity index (χ4v) is 5.44. The Morgan fingerprint density at radius 2 is 1.51 bits per heavy atom. The molecule has 2 amide bonds. The number of hydrogen-bond acceptors (Lipinski definition) is 4. The van der Waals surface area contributed by atoms with Crippen LogP contribution in [0.1, 0.15) is 41.7 Å². The zero-order chi connectivity index (χ0) is 28.7. The van der Waals surface area contributed by atoms with Gasteiger partial charge in [-0.3, -0.25) is 13.9 Å². The quantitative estimate of drug-likeness (QED) is 0.380. The Hall–Kier alpha value is -3.65. The summed E-state index contributed by atoms with van der Waals surface area (Å²) in [5, 5.41) is 2.96. The van der Waals surface area contributed by atoms with E-state index >= 15 is 0 Å². The third-order valence-electron chi connectivity index (χ3n) is 6.66. The van der Waals surface area contributed by atoms with Crippen molar-refractivity contribution in [2.75, 3.05) is 17.1 Å². The van der Waals surface area contributed by atoms with Gasteiger partial charge in [0.25, 0.3) is 0 Å². The van der Waals surface area contributed by atoms with Crippen LogP contribution < -0.4 is 9.62 Å². The lowest BCUT2D eigenvalue weighted by Crippen LogP contribution is -2.54. The first kappa shape index (κ1) is 29.9. The Morgan fingerprint density at radius 1 is 0.872 bits per heavy atom. The van der Waals surface area contributed by atoms with Crippen LogP contribution in [0.15, 0.2) is 72.8 Å². The molecular weight excluding hydrogens is 510 g/mol. The molecule has 7 nitrogen and oxygen atoms in total. The Morgan fingerprint density at radius 3 is 2.13 bits per heavy atom. The van der Waals surface area contributed by atoms with Crippen molar-refractivity contribution in [3.63, 3.8) is 0 Å². The van der Waals surface area contributed by atoms with Gasteiger partial charge in [0.05, 0.1) is 11.9 Å². The van der Waals surface area contributed by atoms with Crippen molar-refractivity contribution in [2.45, 2.75) is 59.7 Å². The van der Waals surface area contributed by atoms with Gasteiger partial charge in [-0.2, -0.15) is 0 Å². The smallest absolute Gasteiger partial charge is 0.244 e. The van der Waals surface area contributed by atoms with Crippen LogP contribution in [-0.2, 0) is 32.6 Å². The van der Waals surface area contributed by atoms with E-state index in [2.05, 4.69) is 5.32 Å². The summed E-state index contributed by atoms with van der Waals surface area (Å²) in [5.74, 6) is -0.741. The lowest BCUT2D eigenvalue weighted by atomic mass is 10.0. The number of amides is 2. The van der Waals surface area contributed by atoms with E-state index in [1.54, 1.807) is 12.1 Å². The molecule has 0 saturated heterocycles. The molecule has 3 aromatic carbocycles. The Labute approximate surface area is 232 Å². The summed E-state index contributed by atoms with van der Waals surface area (Å²) >= 11 is 0. The summed E-state index contributed by atoms with van der Waals surface area (Å²) < 4.78 is 27.1. The zero-order valence-corrected chi connectivity index (χ0v) is 24.5. The first-order valence-electron chi connectivity index (χ1n) is 13.1. The van der Waals surface area contributed by atoms with E-state index < -0.39 is 28.5 Å². The summed E-state index contributed by atoms with van der Waals surface area (Å²) in [5.41, 5.74) is 4.93. The number of nitrogens with one attached hydrogen (secondary N) is 1. The molecule has 1 N–H and O–H groups in total. The van der Waals surface area contributed by atoms with Gasteiger partial charge in [-0.25, -0.2) is 8.42 Å². The molecule has 3 aromatic rings. The van der Waals surface area contributed by atoms with Crippen LogP contribution in [0.5, 0.6) is 0 Å². The maximum Gasteiger partial charge on any atom is 0.244 e. The molecule has 0 aromatic heterocycles. The van der Waals surface area contributed by atoms with Crippen LogP contribution in [0.3, 0.4) is 0 Å². The summed E-state index contributed by atoms with van der Waals surface area (Å²) in [6.07, 6.45) is 1.39. The van der Waals surface area contributed by atoms with Crippen LogP contribution in [0.4, 0.5) is 5.69 Å². The molecule has 208 valence electrons. The van der Waals surface area contributed by atoms with E-state index in [0.717, 1.165) is 38.4 Å². The van der Waals surface area contributed by atoms with E-state index in [4.69, 9.17) is 0 Å². The lowest BCUT2D eigenvalue weighted by molar-refractivity contribution is -0.140. The van der Waals surface area contributed by atoms with Gasteiger partial charge in [0.15, 0.2) is 0 Å². The average Bonchev–Trinajstić information content (AvgIpc) is 2.86. The molecule has 0 aliphatic carbocycles. The van der Waals surface area contributed by atoms with Crippen LogP contribution in [0.25, 0.3) is 0 Å². The molecule has 39 heavy (non-hydrogen) atoms. The molecule has 0 unspecified atom stereocenters. The third kappa shape index (κ3) is 8.17. The molecule has 3 rings (SSSR count). The van der Waals surface area contributed by atoms with Gasteiger partial charge in [0.2, 0.25) is 21.8 Å². The minimum Gasteiger partial charge on any atom is -0.352 e. The van der Waals surface area contributed by atoms with E-state index in [1.165, 1.54) is 4.90 Å². The maximum atomic E-state index is 14.1.